The van der Waals surface area contributed by atoms with Crippen LogP contribution in [-0.4, -0.2) is 42.1 Å². The first-order chi connectivity index (χ1) is 12.2. The summed E-state index contributed by atoms with van der Waals surface area (Å²) in [5.74, 6) is 0.214. The standard InChI is InChI=1S/C20H20FN3O/c1-24-9-6-13(7-10-24)18-12-17-15(5-8-22-20(17)23-18)16-4-3-14(21)11-19(16)25-2/h3-6,8,11-12H,7,9-10H2,1-2H3,(H,22,23). The minimum Gasteiger partial charge on any atom is -0.496 e. The molecule has 2 aromatic heterocycles. The Morgan fingerprint density at radius 3 is 2.84 bits per heavy atom. The normalized spacial score (nSPS) is 15.4. The van der Waals surface area contributed by atoms with Gasteiger partial charge in [-0.15, -0.1) is 0 Å². The van der Waals surface area contributed by atoms with Gasteiger partial charge in [-0.25, -0.2) is 9.37 Å². The number of aromatic nitrogens is 2. The number of pyridine rings is 1. The number of fused-ring (bicyclic) bond motifs is 1. The molecule has 5 heteroatoms. The van der Waals surface area contributed by atoms with Crippen LogP contribution in [0.5, 0.6) is 5.75 Å². The summed E-state index contributed by atoms with van der Waals surface area (Å²) in [6.07, 6.45) is 5.04. The molecule has 4 nitrogen and oxygen atoms in total. The molecule has 1 aromatic carbocycles. The summed E-state index contributed by atoms with van der Waals surface area (Å²) < 4.78 is 18.9. The van der Waals surface area contributed by atoms with Crippen molar-refractivity contribution in [3.63, 3.8) is 0 Å². The van der Waals surface area contributed by atoms with E-state index in [0.717, 1.165) is 47.4 Å². The van der Waals surface area contributed by atoms with Crippen molar-refractivity contribution in [2.75, 3.05) is 27.2 Å². The van der Waals surface area contributed by atoms with E-state index in [4.69, 9.17) is 4.74 Å². The number of rotatable bonds is 3. The highest BCUT2D eigenvalue weighted by Gasteiger charge is 2.16. The lowest BCUT2D eigenvalue weighted by molar-refractivity contribution is 0.370. The Bertz CT molecular complexity index is 961. The van der Waals surface area contributed by atoms with Crippen LogP contribution >= 0.6 is 0 Å². The number of likely N-dealkylation sites (N-methyl/N-ethyl adjacent to an activating group) is 1. The van der Waals surface area contributed by atoms with Crippen LogP contribution in [0.3, 0.4) is 0 Å². The fourth-order valence-corrected chi connectivity index (χ4v) is 3.34. The number of H-pyrrole nitrogens is 1. The number of hydrogen-bond acceptors (Lipinski definition) is 3. The molecule has 4 rings (SSSR count). The predicted molar refractivity (Wildman–Crippen MR) is 98.1 cm³/mol. The molecule has 0 bridgehead atoms. The largest absolute Gasteiger partial charge is 0.496 e. The van der Waals surface area contributed by atoms with Crippen molar-refractivity contribution in [2.24, 2.45) is 0 Å². The van der Waals surface area contributed by atoms with Gasteiger partial charge in [-0.05, 0) is 48.9 Å². The summed E-state index contributed by atoms with van der Waals surface area (Å²) in [6, 6.07) is 8.70. The molecule has 0 radical (unpaired) electrons. The van der Waals surface area contributed by atoms with E-state index >= 15 is 0 Å². The third kappa shape index (κ3) is 2.91. The lowest BCUT2D eigenvalue weighted by Gasteiger charge is -2.21. The van der Waals surface area contributed by atoms with Crippen LogP contribution in [0.15, 0.2) is 42.6 Å². The summed E-state index contributed by atoms with van der Waals surface area (Å²) in [6.45, 7) is 2.00. The van der Waals surface area contributed by atoms with Crippen LogP contribution in [0.4, 0.5) is 4.39 Å². The number of aromatic amines is 1. The maximum atomic E-state index is 13.5. The van der Waals surface area contributed by atoms with E-state index in [-0.39, 0.29) is 5.82 Å². The van der Waals surface area contributed by atoms with Crippen LogP contribution in [0.1, 0.15) is 12.1 Å². The van der Waals surface area contributed by atoms with E-state index in [9.17, 15) is 4.39 Å². The topological polar surface area (TPSA) is 41.1 Å². The number of benzene rings is 1. The zero-order chi connectivity index (χ0) is 17.4. The van der Waals surface area contributed by atoms with Crippen LogP contribution < -0.4 is 4.74 Å². The van der Waals surface area contributed by atoms with Gasteiger partial charge >= 0.3 is 0 Å². The summed E-state index contributed by atoms with van der Waals surface area (Å²) >= 11 is 0. The zero-order valence-electron chi connectivity index (χ0n) is 14.3. The van der Waals surface area contributed by atoms with Gasteiger partial charge in [0.15, 0.2) is 0 Å². The molecule has 3 aromatic rings. The summed E-state index contributed by atoms with van der Waals surface area (Å²) in [5, 5.41) is 1.02. The average molecular weight is 337 g/mol. The van der Waals surface area contributed by atoms with Gasteiger partial charge in [-0.2, -0.15) is 0 Å². The Labute approximate surface area is 145 Å². The number of nitrogens with zero attached hydrogens (tertiary/aromatic N) is 2. The van der Waals surface area contributed by atoms with E-state index in [2.05, 4.69) is 34.1 Å². The first-order valence-electron chi connectivity index (χ1n) is 8.35. The van der Waals surface area contributed by atoms with E-state index < -0.39 is 0 Å². The lowest BCUT2D eigenvalue weighted by Crippen LogP contribution is -2.23. The van der Waals surface area contributed by atoms with Crippen molar-refractivity contribution < 1.29 is 9.13 Å². The molecule has 0 fully saturated rings. The molecule has 0 saturated heterocycles. The van der Waals surface area contributed by atoms with Gasteiger partial charge in [-0.3, -0.25) is 0 Å². The molecule has 0 aliphatic carbocycles. The molecule has 0 unspecified atom stereocenters. The number of hydrogen-bond donors (Lipinski definition) is 1. The van der Waals surface area contributed by atoms with Gasteiger partial charge in [0, 0.05) is 42.0 Å². The van der Waals surface area contributed by atoms with E-state index in [0.29, 0.717) is 5.75 Å². The molecule has 25 heavy (non-hydrogen) atoms. The molecule has 128 valence electrons. The highest BCUT2D eigenvalue weighted by molar-refractivity contribution is 5.96. The molecule has 1 aliphatic heterocycles. The number of methoxy groups -OCH3 is 1. The van der Waals surface area contributed by atoms with Crippen LogP contribution in [0.2, 0.25) is 0 Å². The minimum absolute atomic E-state index is 0.308. The number of halogens is 1. The predicted octanol–water partition coefficient (Wildman–Crippen LogP) is 4.10. The third-order valence-corrected chi connectivity index (χ3v) is 4.74. The van der Waals surface area contributed by atoms with E-state index in [1.54, 1.807) is 19.4 Å². The monoisotopic (exact) mass is 337 g/mol. The quantitative estimate of drug-likeness (QED) is 0.782. The lowest BCUT2D eigenvalue weighted by atomic mass is 10.0. The van der Waals surface area contributed by atoms with Crippen LogP contribution in [0.25, 0.3) is 27.7 Å². The average Bonchev–Trinajstić information content (AvgIpc) is 3.06. The Hall–Kier alpha value is -2.66. The molecule has 0 saturated carbocycles. The van der Waals surface area contributed by atoms with Crippen molar-refractivity contribution >= 4 is 16.6 Å². The molecule has 0 atom stereocenters. The van der Waals surface area contributed by atoms with Gasteiger partial charge < -0.3 is 14.6 Å². The highest BCUT2D eigenvalue weighted by Crippen LogP contribution is 2.36. The maximum Gasteiger partial charge on any atom is 0.138 e. The van der Waals surface area contributed by atoms with Crippen molar-refractivity contribution in [3.05, 3.63) is 54.1 Å². The highest BCUT2D eigenvalue weighted by atomic mass is 19.1. The Morgan fingerprint density at radius 2 is 2.08 bits per heavy atom. The van der Waals surface area contributed by atoms with Gasteiger partial charge in [0.25, 0.3) is 0 Å². The smallest absolute Gasteiger partial charge is 0.138 e. The maximum absolute atomic E-state index is 13.5. The third-order valence-electron chi connectivity index (χ3n) is 4.74. The molecular weight excluding hydrogens is 317 g/mol. The van der Waals surface area contributed by atoms with Crippen molar-refractivity contribution in [2.45, 2.75) is 6.42 Å². The molecular formula is C20H20FN3O. The van der Waals surface area contributed by atoms with Crippen molar-refractivity contribution in [1.82, 2.24) is 14.9 Å². The Balaban J connectivity index is 1.84. The second kappa shape index (κ2) is 6.33. The summed E-state index contributed by atoms with van der Waals surface area (Å²) in [7, 11) is 3.68. The van der Waals surface area contributed by atoms with Gasteiger partial charge in [0.1, 0.15) is 17.2 Å². The second-order valence-corrected chi connectivity index (χ2v) is 6.39. The first kappa shape index (κ1) is 15.8. The first-order valence-corrected chi connectivity index (χ1v) is 8.35. The van der Waals surface area contributed by atoms with E-state index in [1.807, 2.05) is 6.07 Å². The second-order valence-electron chi connectivity index (χ2n) is 6.39. The Morgan fingerprint density at radius 1 is 1.20 bits per heavy atom. The van der Waals surface area contributed by atoms with Crippen LogP contribution in [0, 0.1) is 5.82 Å². The van der Waals surface area contributed by atoms with Gasteiger partial charge in [-0.1, -0.05) is 6.08 Å². The van der Waals surface area contributed by atoms with Crippen LogP contribution in [-0.2, 0) is 0 Å². The molecule has 3 heterocycles. The summed E-state index contributed by atoms with van der Waals surface area (Å²) in [5.41, 5.74) is 5.09. The van der Waals surface area contributed by atoms with E-state index in [1.165, 1.54) is 17.7 Å². The SMILES string of the molecule is COc1cc(F)ccc1-c1ccnc2[nH]c(C3=CCN(C)CC3)cc12. The van der Waals surface area contributed by atoms with Gasteiger partial charge in [0.2, 0.25) is 0 Å². The fraction of sp³-hybridized carbons (Fsp3) is 0.250. The molecule has 1 aliphatic rings. The van der Waals surface area contributed by atoms with Crippen molar-refractivity contribution in [3.8, 4) is 16.9 Å². The van der Waals surface area contributed by atoms with Crippen molar-refractivity contribution in [1.29, 1.82) is 0 Å². The molecule has 1 N–H and O–H groups in total. The number of ether oxygens (including phenoxy) is 1. The Kier molecular flexibility index (Phi) is 4.01. The van der Waals surface area contributed by atoms with Gasteiger partial charge in [0.05, 0.1) is 7.11 Å². The fourth-order valence-electron chi connectivity index (χ4n) is 3.34. The molecule has 0 spiro atoms. The molecule has 0 amide bonds. The zero-order valence-corrected chi connectivity index (χ0v) is 14.3. The summed E-state index contributed by atoms with van der Waals surface area (Å²) in [4.78, 5) is 10.2. The number of nitrogens with one attached hydrogen (secondary N) is 1. The minimum atomic E-state index is -0.308.